The van der Waals surface area contributed by atoms with Crippen molar-refractivity contribution < 1.29 is 0 Å². The van der Waals surface area contributed by atoms with Crippen LogP contribution in [0, 0.1) is 11.8 Å². The minimum atomic E-state index is 0.918. The number of piperidine rings is 1. The third kappa shape index (κ3) is 2.68. The van der Waals surface area contributed by atoms with Gasteiger partial charge >= 0.3 is 0 Å². The molecule has 2 saturated heterocycles. The highest BCUT2D eigenvalue weighted by molar-refractivity contribution is 4.91. The van der Waals surface area contributed by atoms with E-state index in [4.69, 9.17) is 0 Å². The van der Waals surface area contributed by atoms with E-state index in [0.29, 0.717) is 0 Å². The fraction of sp³-hybridized carbons (Fsp3) is 1.00. The lowest BCUT2D eigenvalue weighted by atomic mass is 9.74. The molecule has 0 bridgehead atoms. The van der Waals surface area contributed by atoms with E-state index in [9.17, 15) is 0 Å². The van der Waals surface area contributed by atoms with Crippen molar-refractivity contribution in [3.63, 3.8) is 0 Å². The highest BCUT2D eigenvalue weighted by Gasteiger charge is 2.36. The average molecular weight is 236 g/mol. The molecule has 1 saturated carbocycles. The first-order chi connectivity index (χ1) is 8.45. The van der Waals surface area contributed by atoms with Crippen LogP contribution in [0.25, 0.3) is 0 Å². The Morgan fingerprint density at radius 3 is 2.53 bits per heavy atom. The van der Waals surface area contributed by atoms with E-state index in [1.807, 2.05) is 0 Å². The molecule has 3 fully saturated rings. The lowest BCUT2D eigenvalue weighted by Crippen LogP contribution is -2.46. The molecule has 3 aliphatic rings. The molecule has 0 spiro atoms. The van der Waals surface area contributed by atoms with Crippen LogP contribution in [0.15, 0.2) is 0 Å². The highest BCUT2D eigenvalue weighted by atomic mass is 15.2. The molecule has 0 amide bonds. The number of rotatable bonds is 1. The van der Waals surface area contributed by atoms with Crippen LogP contribution in [0.2, 0.25) is 0 Å². The summed E-state index contributed by atoms with van der Waals surface area (Å²) in [6.45, 7) is 5.19. The summed E-state index contributed by atoms with van der Waals surface area (Å²) in [5.41, 5.74) is 0. The molecule has 0 aromatic carbocycles. The predicted molar refractivity (Wildman–Crippen MR) is 72.1 cm³/mol. The van der Waals surface area contributed by atoms with Gasteiger partial charge in [-0.15, -0.1) is 0 Å². The van der Waals surface area contributed by atoms with Gasteiger partial charge in [-0.2, -0.15) is 0 Å². The molecule has 1 aliphatic carbocycles. The van der Waals surface area contributed by atoms with Gasteiger partial charge in [-0.25, -0.2) is 0 Å². The Morgan fingerprint density at radius 1 is 0.824 bits per heavy atom. The standard InChI is InChI=1S/C15H28N2/c1-2-6-13(7-3-1)14-12-16-9-11-17-10-5-4-8-15(14)17/h13-16H,1-12H2. The Hall–Kier alpha value is -0.0800. The number of nitrogens with one attached hydrogen (secondary N) is 1. The van der Waals surface area contributed by atoms with Gasteiger partial charge in [0.05, 0.1) is 0 Å². The minimum Gasteiger partial charge on any atom is -0.315 e. The van der Waals surface area contributed by atoms with Crippen molar-refractivity contribution >= 4 is 0 Å². The van der Waals surface area contributed by atoms with E-state index in [2.05, 4.69) is 10.2 Å². The molecule has 2 unspecified atom stereocenters. The second kappa shape index (κ2) is 5.71. The van der Waals surface area contributed by atoms with Gasteiger partial charge in [0.1, 0.15) is 0 Å². The maximum absolute atomic E-state index is 3.71. The van der Waals surface area contributed by atoms with Crippen molar-refractivity contribution in [2.45, 2.75) is 57.4 Å². The third-order valence-electron chi connectivity index (χ3n) is 5.37. The average Bonchev–Trinajstić information content (AvgIpc) is 2.62. The predicted octanol–water partition coefficient (Wildman–Crippen LogP) is 2.64. The summed E-state index contributed by atoms with van der Waals surface area (Å²) >= 11 is 0. The molecule has 0 radical (unpaired) electrons. The summed E-state index contributed by atoms with van der Waals surface area (Å²) < 4.78 is 0. The Morgan fingerprint density at radius 2 is 1.65 bits per heavy atom. The second-order valence-electron chi connectivity index (χ2n) is 6.37. The topological polar surface area (TPSA) is 15.3 Å². The molecule has 0 aromatic heterocycles. The molecule has 0 aromatic rings. The zero-order valence-electron chi connectivity index (χ0n) is 11.2. The van der Waals surface area contributed by atoms with Crippen LogP contribution in [0.3, 0.4) is 0 Å². The molecular formula is C15H28N2. The van der Waals surface area contributed by atoms with Crippen LogP contribution in [0.4, 0.5) is 0 Å². The Bertz CT molecular complexity index is 235. The van der Waals surface area contributed by atoms with Crippen LogP contribution < -0.4 is 5.32 Å². The van der Waals surface area contributed by atoms with E-state index in [1.54, 1.807) is 0 Å². The third-order valence-corrected chi connectivity index (χ3v) is 5.37. The summed E-state index contributed by atoms with van der Waals surface area (Å²) in [6, 6.07) is 0.918. The zero-order valence-corrected chi connectivity index (χ0v) is 11.2. The molecule has 3 rings (SSSR count). The number of fused-ring (bicyclic) bond motifs is 1. The molecule has 2 nitrogen and oxygen atoms in total. The van der Waals surface area contributed by atoms with Crippen LogP contribution >= 0.6 is 0 Å². The molecule has 2 aliphatic heterocycles. The van der Waals surface area contributed by atoms with Gasteiger partial charge < -0.3 is 5.32 Å². The van der Waals surface area contributed by atoms with E-state index in [0.717, 1.165) is 17.9 Å². The number of hydrogen-bond acceptors (Lipinski definition) is 2. The monoisotopic (exact) mass is 236 g/mol. The van der Waals surface area contributed by atoms with Gasteiger partial charge in [-0.3, -0.25) is 4.90 Å². The Labute approximate surface area is 106 Å². The Balaban J connectivity index is 1.70. The SMILES string of the molecule is C1CCC(C2CNCCN3CCCCC23)CC1. The van der Waals surface area contributed by atoms with Crippen molar-refractivity contribution in [2.24, 2.45) is 11.8 Å². The number of hydrogen-bond donors (Lipinski definition) is 1. The highest BCUT2D eigenvalue weighted by Crippen LogP contribution is 2.36. The van der Waals surface area contributed by atoms with E-state index < -0.39 is 0 Å². The van der Waals surface area contributed by atoms with Crippen molar-refractivity contribution in [3.8, 4) is 0 Å². The van der Waals surface area contributed by atoms with Crippen molar-refractivity contribution in [1.82, 2.24) is 10.2 Å². The fourth-order valence-electron chi connectivity index (χ4n) is 4.45. The van der Waals surface area contributed by atoms with Gasteiger partial charge in [0.25, 0.3) is 0 Å². The Kier molecular flexibility index (Phi) is 4.02. The van der Waals surface area contributed by atoms with Gasteiger partial charge in [-0.05, 0) is 37.8 Å². The molecule has 17 heavy (non-hydrogen) atoms. The van der Waals surface area contributed by atoms with Gasteiger partial charge in [0, 0.05) is 19.1 Å². The summed E-state index contributed by atoms with van der Waals surface area (Å²) in [5.74, 6) is 1.98. The quantitative estimate of drug-likeness (QED) is 0.753. The van der Waals surface area contributed by atoms with Crippen molar-refractivity contribution in [1.29, 1.82) is 0 Å². The largest absolute Gasteiger partial charge is 0.315 e. The maximum Gasteiger partial charge on any atom is 0.0139 e. The summed E-state index contributed by atoms with van der Waals surface area (Å²) in [7, 11) is 0. The first-order valence-corrected chi connectivity index (χ1v) is 7.90. The lowest BCUT2D eigenvalue weighted by molar-refractivity contribution is 0.0777. The normalized spacial score (nSPS) is 37.4. The van der Waals surface area contributed by atoms with E-state index >= 15 is 0 Å². The van der Waals surface area contributed by atoms with E-state index in [-0.39, 0.29) is 0 Å². The van der Waals surface area contributed by atoms with E-state index in [1.165, 1.54) is 77.5 Å². The fourth-order valence-corrected chi connectivity index (χ4v) is 4.45. The summed E-state index contributed by atoms with van der Waals surface area (Å²) in [6.07, 6.45) is 11.9. The van der Waals surface area contributed by atoms with Crippen molar-refractivity contribution in [3.05, 3.63) is 0 Å². The maximum atomic E-state index is 3.71. The van der Waals surface area contributed by atoms with Gasteiger partial charge in [0.15, 0.2) is 0 Å². The number of nitrogens with zero attached hydrogens (tertiary/aromatic N) is 1. The lowest BCUT2D eigenvalue weighted by Gasteiger charge is -2.42. The van der Waals surface area contributed by atoms with Crippen LogP contribution in [0.1, 0.15) is 51.4 Å². The molecule has 2 atom stereocenters. The van der Waals surface area contributed by atoms with Crippen LogP contribution in [-0.2, 0) is 0 Å². The molecule has 2 heterocycles. The smallest absolute Gasteiger partial charge is 0.0139 e. The second-order valence-corrected chi connectivity index (χ2v) is 6.37. The van der Waals surface area contributed by atoms with Crippen LogP contribution in [-0.4, -0.2) is 37.1 Å². The van der Waals surface area contributed by atoms with Crippen LogP contribution in [0.5, 0.6) is 0 Å². The van der Waals surface area contributed by atoms with Crippen molar-refractivity contribution in [2.75, 3.05) is 26.2 Å². The molecule has 98 valence electrons. The molecule has 1 N–H and O–H groups in total. The minimum absolute atomic E-state index is 0.918. The summed E-state index contributed by atoms with van der Waals surface area (Å²) in [5, 5.41) is 3.71. The van der Waals surface area contributed by atoms with Gasteiger partial charge in [-0.1, -0.05) is 38.5 Å². The molecular weight excluding hydrogens is 208 g/mol. The zero-order chi connectivity index (χ0) is 11.5. The first-order valence-electron chi connectivity index (χ1n) is 7.90. The summed E-state index contributed by atoms with van der Waals surface area (Å²) in [4.78, 5) is 2.81. The van der Waals surface area contributed by atoms with Gasteiger partial charge in [0.2, 0.25) is 0 Å². The first kappa shape index (κ1) is 12.0. The molecule has 2 heteroatoms.